The summed E-state index contributed by atoms with van der Waals surface area (Å²) in [6.45, 7) is 2.57. The van der Waals surface area contributed by atoms with Crippen LogP contribution in [0.5, 0.6) is 5.75 Å². The molecule has 0 aliphatic carbocycles. The van der Waals surface area contributed by atoms with E-state index in [1.807, 2.05) is 49.4 Å². The summed E-state index contributed by atoms with van der Waals surface area (Å²) in [5.74, 6) is 0.873. The predicted octanol–water partition coefficient (Wildman–Crippen LogP) is 3.87. The minimum absolute atomic E-state index is 0. The van der Waals surface area contributed by atoms with Gasteiger partial charge in [-0.3, -0.25) is 0 Å². The van der Waals surface area contributed by atoms with Crippen molar-refractivity contribution in [2.75, 3.05) is 0 Å². The van der Waals surface area contributed by atoms with Crippen LogP contribution in [0.4, 0.5) is 0 Å². The summed E-state index contributed by atoms with van der Waals surface area (Å²) in [7, 11) is 0. The maximum atomic E-state index is 5.79. The van der Waals surface area contributed by atoms with Crippen LogP contribution in [0.2, 0.25) is 0 Å². The first-order valence-corrected chi connectivity index (χ1v) is 5.78. The molecule has 1 unspecified atom stereocenters. The molecule has 0 aliphatic heterocycles. The van der Waals surface area contributed by atoms with Gasteiger partial charge in [-0.15, -0.1) is 12.4 Å². The average Bonchev–Trinajstić information content (AvgIpc) is 2.38. The van der Waals surface area contributed by atoms with Crippen LogP contribution in [0.25, 0.3) is 0 Å². The molecule has 0 spiro atoms. The van der Waals surface area contributed by atoms with E-state index in [1.165, 1.54) is 5.56 Å². The Labute approximate surface area is 120 Å². The van der Waals surface area contributed by atoms with Gasteiger partial charge in [0.1, 0.15) is 12.4 Å². The Kier molecular flexibility index (Phi) is 7.84. The highest BCUT2D eigenvalue weighted by Crippen LogP contribution is 2.17. The lowest BCUT2D eigenvalue weighted by atomic mass is 10.1. The van der Waals surface area contributed by atoms with Crippen molar-refractivity contribution in [2.45, 2.75) is 19.6 Å². The Balaban J connectivity index is 0.00000162. The summed E-state index contributed by atoms with van der Waals surface area (Å²) in [5, 5.41) is 0. The van der Waals surface area contributed by atoms with Gasteiger partial charge in [0.25, 0.3) is 0 Å². The molecule has 0 aromatic heterocycles. The average molecular weight is 281 g/mol. The molecule has 2 rings (SSSR count). The molecule has 0 fully saturated rings. The van der Waals surface area contributed by atoms with E-state index < -0.39 is 0 Å². The number of hydrogen-bond acceptors (Lipinski definition) is 3. The van der Waals surface area contributed by atoms with Crippen LogP contribution in [-0.4, -0.2) is 0 Å². The van der Waals surface area contributed by atoms with Crippen LogP contribution >= 0.6 is 12.4 Å². The standard InChI is InChI=1S/C15H17NO.ClH.H3N/c1-12(16)14-7-9-15(10-8-14)17-11-13-5-3-2-4-6-13;;/h2-10,12H,11,16H2,1H3;1H;1H3. The summed E-state index contributed by atoms with van der Waals surface area (Å²) < 4.78 is 5.69. The van der Waals surface area contributed by atoms with Gasteiger partial charge in [-0.05, 0) is 30.2 Å². The van der Waals surface area contributed by atoms with E-state index in [4.69, 9.17) is 10.5 Å². The predicted molar refractivity (Wildman–Crippen MR) is 82.1 cm³/mol. The van der Waals surface area contributed by atoms with E-state index in [0.29, 0.717) is 6.61 Å². The lowest BCUT2D eigenvalue weighted by molar-refractivity contribution is 0.306. The van der Waals surface area contributed by atoms with Gasteiger partial charge in [0.05, 0.1) is 0 Å². The van der Waals surface area contributed by atoms with Gasteiger partial charge < -0.3 is 16.6 Å². The van der Waals surface area contributed by atoms with Crippen LogP contribution in [-0.2, 0) is 6.61 Å². The van der Waals surface area contributed by atoms with Crippen LogP contribution in [0.15, 0.2) is 54.6 Å². The van der Waals surface area contributed by atoms with Crippen LogP contribution in [0.1, 0.15) is 24.1 Å². The fraction of sp³-hybridized carbons (Fsp3) is 0.200. The van der Waals surface area contributed by atoms with Crippen molar-refractivity contribution in [3.63, 3.8) is 0 Å². The van der Waals surface area contributed by atoms with E-state index in [1.54, 1.807) is 0 Å². The zero-order chi connectivity index (χ0) is 12.1. The first kappa shape index (κ1) is 17.4. The smallest absolute Gasteiger partial charge is 0.119 e. The molecule has 0 saturated heterocycles. The molecule has 0 aliphatic rings. The molecule has 104 valence electrons. The second kappa shape index (κ2) is 8.53. The monoisotopic (exact) mass is 280 g/mol. The lowest BCUT2D eigenvalue weighted by Gasteiger charge is -2.09. The van der Waals surface area contributed by atoms with Gasteiger partial charge in [-0.1, -0.05) is 42.5 Å². The van der Waals surface area contributed by atoms with Crippen molar-refractivity contribution >= 4 is 12.4 Å². The van der Waals surface area contributed by atoms with Crippen molar-refractivity contribution in [3.05, 3.63) is 65.7 Å². The number of benzene rings is 2. The number of nitrogens with two attached hydrogens (primary N) is 1. The molecular weight excluding hydrogens is 260 g/mol. The van der Waals surface area contributed by atoms with Crippen LogP contribution in [0.3, 0.4) is 0 Å². The molecule has 1 atom stereocenters. The molecular formula is C15H21ClN2O. The van der Waals surface area contributed by atoms with Crippen molar-refractivity contribution in [1.29, 1.82) is 0 Å². The Bertz CT molecular complexity index is 457. The molecule has 2 aromatic rings. The van der Waals surface area contributed by atoms with Crippen LogP contribution < -0.4 is 16.6 Å². The Morgan fingerprint density at radius 1 is 1.00 bits per heavy atom. The summed E-state index contributed by atoms with van der Waals surface area (Å²) in [5.41, 5.74) is 8.08. The Morgan fingerprint density at radius 2 is 1.58 bits per heavy atom. The van der Waals surface area contributed by atoms with Crippen molar-refractivity contribution in [3.8, 4) is 5.75 Å². The first-order valence-electron chi connectivity index (χ1n) is 5.78. The summed E-state index contributed by atoms with van der Waals surface area (Å²) >= 11 is 0. The molecule has 0 amide bonds. The lowest BCUT2D eigenvalue weighted by Crippen LogP contribution is -2.04. The third-order valence-corrected chi connectivity index (χ3v) is 2.65. The highest BCUT2D eigenvalue weighted by molar-refractivity contribution is 5.85. The van der Waals surface area contributed by atoms with E-state index in [-0.39, 0.29) is 24.6 Å². The SMILES string of the molecule is CC(N)c1ccc(OCc2ccccc2)cc1.Cl.N. The normalized spacial score (nSPS) is 10.8. The molecule has 4 heteroatoms. The Hall–Kier alpha value is -1.55. The van der Waals surface area contributed by atoms with Crippen molar-refractivity contribution in [2.24, 2.45) is 5.73 Å². The molecule has 3 nitrogen and oxygen atoms in total. The largest absolute Gasteiger partial charge is 0.489 e. The van der Waals surface area contributed by atoms with Gasteiger partial charge in [0.2, 0.25) is 0 Å². The maximum absolute atomic E-state index is 5.79. The van der Waals surface area contributed by atoms with E-state index in [2.05, 4.69) is 12.1 Å². The fourth-order valence-electron chi connectivity index (χ4n) is 1.61. The van der Waals surface area contributed by atoms with Gasteiger partial charge in [0.15, 0.2) is 0 Å². The fourth-order valence-corrected chi connectivity index (χ4v) is 1.61. The highest BCUT2D eigenvalue weighted by atomic mass is 35.5. The number of halogens is 1. The zero-order valence-corrected chi connectivity index (χ0v) is 11.9. The van der Waals surface area contributed by atoms with E-state index in [0.717, 1.165) is 11.3 Å². The third kappa shape index (κ3) is 5.30. The molecule has 2 aromatic carbocycles. The van der Waals surface area contributed by atoms with Crippen molar-refractivity contribution in [1.82, 2.24) is 6.15 Å². The van der Waals surface area contributed by atoms with Gasteiger partial charge in [0, 0.05) is 6.04 Å². The number of ether oxygens (including phenoxy) is 1. The highest BCUT2D eigenvalue weighted by Gasteiger charge is 1.99. The van der Waals surface area contributed by atoms with E-state index >= 15 is 0 Å². The minimum Gasteiger partial charge on any atom is -0.489 e. The molecule has 0 heterocycles. The topological polar surface area (TPSA) is 70.2 Å². The van der Waals surface area contributed by atoms with Crippen LogP contribution in [0, 0.1) is 0 Å². The van der Waals surface area contributed by atoms with Gasteiger partial charge in [-0.25, -0.2) is 0 Å². The van der Waals surface area contributed by atoms with Gasteiger partial charge in [-0.2, -0.15) is 0 Å². The van der Waals surface area contributed by atoms with Gasteiger partial charge >= 0.3 is 0 Å². The minimum atomic E-state index is 0. The first-order chi connectivity index (χ1) is 8.25. The molecule has 0 saturated carbocycles. The molecule has 0 bridgehead atoms. The zero-order valence-electron chi connectivity index (χ0n) is 11.1. The maximum Gasteiger partial charge on any atom is 0.119 e. The second-order valence-electron chi connectivity index (χ2n) is 4.13. The van der Waals surface area contributed by atoms with Crippen molar-refractivity contribution < 1.29 is 4.74 Å². The second-order valence-corrected chi connectivity index (χ2v) is 4.13. The quantitative estimate of drug-likeness (QED) is 0.893. The number of hydrogen-bond donors (Lipinski definition) is 2. The molecule has 19 heavy (non-hydrogen) atoms. The Morgan fingerprint density at radius 3 is 2.11 bits per heavy atom. The third-order valence-electron chi connectivity index (χ3n) is 2.65. The van der Waals surface area contributed by atoms with E-state index in [9.17, 15) is 0 Å². The number of rotatable bonds is 4. The summed E-state index contributed by atoms with van der Waals surface area (Å²) in [4.78, 5) is 0. The molecule has 0 radical (unpaired) electrons. The summed E-state index contributed by atoms with van der Waals surface area (Å²) in [6, 6.07) is 18.1. The molecule has 5 N–H and O–H groups in total. The summed E-state index contributed by atoms with van der Waals surface area (Å²) in [6.07, 6.45) is 0.